The molecule has 0 atom stereocenters. The quantitative estimate of drug-likeness (QED) is 0.825. The van der Waals surface area contributed by atoms with Crippen LogP contribution in [0.1, 0.15) is 34.3 Å². The van der Waals surface area contributed by atoms with Gasteiger partial charge in [0.1, 0.15) is 0 Å². The van der Waals surface area contributed by atoms with Crippen LogP contribution in [0.5, 0.6) is 0 Å². The smallest absolute Gasteiger partial charge is 0.255 e. The molecule has 0 bridgehead atoms. The third-order valence-corrected chi connectivity index (χ3v) is 4.52. The molecule has 0 fully saturated rings. The van der Waals surface area contributed by atoms with E-state index in [1.54, 1.807) is 12.1 Å². The summed E-state index contributed by atoms with van der Waals surface area (Å²) in [6.07, 6.45) is 2.11. The first-order valence-corrected chi connectivity index (χ1v) is 8.32. The molecular weight excluding hydrogens is 356 g/mol. The van der Waals surface area contributed by atoms with Gasteiger partial charge in [-0.2, -0.15) is 0 Å². The van der Waals surface area contributed by atoms with E-state index < -0.39 is 0 Å². The molecular formula is C18H17BrN2O2. The van der Waals surface area contributed by atoms with Crippen LogP contribution >= 0.6 is 15.9 Å². The summed E-state index contributed by atoms with van der Waals surface area (Å²) in [5.41, 5.74) is 4.26. The highest BCUT2D eigenvalue weighted by atomic mass is 79.9. The lowest BCUT2D eigenvalue weighted by molar-refractivity contribution is -0.116. The Morgan fingerprint density at radius 3 is 2.78 bits per heavy atom. The largest absolute Gasteiger partial charge is 0.326 e. The fourth-order valence-corrected chi connectivity index (χ4v) is 3.22. The summed E-state index contributed by atoms with van der Waals surface area (Å²) in [6, 6.07) is 11.2. The monoisotopic (exact) mass is 372 g/mol. The number of fused-ring (bicyclic) bond motifs is 1. The summed E-state index contributed by atoms with van der Waals surface area (Å²) in [4.78, 5) is 24.0. The zero-order chi connectivity index (χ0) is 16.4. The van der Waals surface area contributed by atoms with Gasteiger partial charge in [-0.3, -0.25) is 9.59 Å². The lowest BCUT2D eigenvalue weighted by atomic mass is 10.0. The molecule has 0 unspecified atom stereocenters. The van der Waals surface area contributed by atoms with E-state index in [2.05, 4.69) is 26.6 Å². The van der Waals surface area contributed by atoms with Crippen molar-refractivity contribution in [2.75, 3.05) is 10.6 Å². The van der Waals surface area contributed by atoms with Crippen LogP contribution in [-0.2, 0) is 11.2 Å². The summed E-state index contributed by atoms with van der Waals surface area (Å²) in [6.45, 7) is 2.00. The van der Waals surface area contributed by atoms with E-state index >= 15 is 0 Å². The van der Waals surface area contributed by atoms with E-state index in [-0.39, 0.29) is 11.8 Å². The van der Waals surface area contributed by atoms with Gasteiger partial charge in [0.15, 0.2) is 0 Å². The fraction of sp³-hybridized carbons (Fsp3) is 0.222. The maximum Gasteiger partial charge on any atom is 0.255 e. The van der Waals surface area contributed by atoms with Gasteiger partial charge in [0.05, 0.1) is 5.69 Å². The lowest BCUT2D eigenvalue weighted by Gasteiger charge is -2.11. The zero-order valence-electron chi connectivity index (χ0n) is 12.8. The summed E-state index contributed by atoms with van der Waals surface area (Å²) in [5, 5.41) is 5.79. The van der Waals surface area contributed by atoms with Crippen LogP contribution in [0.4, 0.5) is 11.4 Å². The Balaban J connectivity index is 1.83. The first kappa shape index (κ1) is 15.7. The first-order valence-electron chi connectivity index (χ1n) is 7.53. The van der Waals surface area contributed by atoms with Crippen molar-refractivity contribution in [2.45, 2.75) is 26.2 Å². The Kier molecular flexibility index (Phi) is 4.48. The number of amides is 2. The second kappa shape index (κ2) is 6.54. The normalized spacial score (nSPS) is 13.7. The minimum Gasteiger partial charge on any atom is -0.326 e. The van der Waals surface area contributed by atoms with Crippen molar-refractivity contribution in [1.29, 1.82) is 0 Å². The van der Waals surface area contributed by atoms with E-state index in [9.17, 15) is 9.59 Å². The molecule has 2 N–H and O–H groups in total. The second-order valence-electron chi connectivity index (χ2n) is 5.71. The number of benzene rings is 2. The van der Waals surface area contributed by atoms with Crippen LogP contribution in [0.3, 0.4) is 0 Å². The molecule has 1 aliphatic heterocycles. The van der Waals surface area contributed by atoms with Crippen molar-refractivity contribution < 1.29 is 9.59 Å². The van der Waals surface area contributed by atoms with Crippen LogP contribution in [0.25, 0.3) is 0 Å². The predicted molar refractivity (Wildman–Crippen MR) is 94.8 cm³/mol. The minimum absolute atomic E-state index is 0.0320. The number of carbonyl (C=O) groups excluding carboxylic acids is 2. The molecule has 1 heterocycles. The Labute approximate surface area is 143 Å². The molecule has 118 valence electrons. The predicted octanol–water partition coefficient (Wildman–Crippen LogP) is 4.28. The van der Waals surface area contributed by atoms with Crippen molar-refractivity contribution in [3.05, 3.63) is 57.6 Å². The molecule has 0 aromatic heterocycles. The molecule has 0 radical (unpaired) electrons. The third-order valence-electron chi connectivity index (χ3n) is 3.86. The molecule has 5 heteroatoms. The summed E-state index contributed by atoms with van der Waals surface area (Å²) in [7, 11) is 0. The number of nitrogens with one attached hydrogen (secondary N) is 2. The molecule has 2 amide bonds. The highest BCUT2D eigenvalue weighted by Gasteiger charge is 2.15. The summed E-state index contributed by atoms with van der Waals surface area (Å²) in [5.74, 6) is -0.127. The van der Waals surface area contributed by atoms with Crippen molar-refractivity contribution in [3.8, 4) is 0 Å². The van der Waals surface area contributed by atoms with Gasteiger partial charge in [-0.15, -0.1) is 0 Å². The Hall–Kier alpha value is -2.14. The molecule has 0 spiro atoms. The van der Waals surface area contributed by atoms with Gasteiger partial charge in [0.2, 0.25) is 5.91 Å². The first-order chi connectivity index (χ1) is 11.0. The number of rotatable bonds is 2. The molecule has 4 nitrogen and oxygen atoms in total. The van der Waals surface area contributed by atoms with Gasteiger partial charge in [0.25, 0.3) is 5.91 Å². The second-order valence-corrected chi connectivity index (χ2v) is 6.57. The number of hydrogen-bond donors (Lipinski definition) is 2. The molecule has 0 aliphatic carbocycles. The van der Waals surface area contributed by atoms with E-state index in [1.165, 1.54) is 0 Å². The topological polar surface area (TPSA) is 58.2 Å². The highest BCUT2D eigenvalue weighted by Crippen LogP contribution is 2.26. The summed E-state index contributed by atoms with van der Waals surface area (Å²) >= 11 is 3.46. The minimum atomic E-state index is -0.159. The van der Waals surface area contributed by atoms with E-state index in [0.717, 1.165) is 39.8 Å². The average molecular weight is 373 g/mol. The number of halogens is 1. The van der Waals surface area contributed by atoms with Crippen LogP contribution in [-0.4, -0.2) is 11.8 Å². The zero-order valence-corrected chi connectivity index (χ0v) is 14.4. The van der Waals surface area contributed by atoms with E-state index in [0.29, 0.717) is 12.0 Å². The van der Waals surface area contributed by atoms with Crippen molar-refractivity contribution >= 4 is 39.1 Å². The lowest BCUT2D eigenvalue weighted by Crippen LogP contribution is -2.13. The number of anilines is 2. The maximum absolute atomic E-state index is 12.5. The van der Waals surface area contributed by atoms with Gasteiger partial charge in [-0.1, -0.05) is 6.07 Å². The Morgan fingerprint density at radius 2 is 2.00 bits per heavy atom. The average Bonchev–Trinajstić information content (AvgIpc) is 2.69. The van der Waals surface area contributed by atoms with E-state index in [1.807, 2.05) is 31.2 Å². The molecule has 2 aromatic carbocycles. The molecule has 2 aromatic rings. The van der Waals surface area contributed by atoms with Gasteiger partial charge < -0.3 is 10.6 Å². The SMILES string of the molecule is Cc1ccc(NC(=O)c2ccc3c(c2)CCCC(=O)N3)c(Br)c1. The number of aryl methyl sites for hydroxylation is 2. The standard InChI is InChI=1S/C18H17BrN2O2/c1-11-5-7-16(14(19)9-11)21-18(23)13-6-8-15-12(10-13)3-2-4-17(22)20-15/h5-10H,2-4H2,1H3,(H,20,22)(H,21,23). The van der Waals surface area contributed by atoms with Crippen molar-refractivity contribution in [1.82, 2.24) is 0 Å². The molecule has 1 aliphatic rings. The van der Waals surface area contributed by atoms with Gasteiger partial charge in [0, 0.05) is 22.1 Å². The van der Waals surface area contributed by atoms with Gasteiger partial charge in [-0.05, 0) is 77.2 Å². The van der Waals surface area contributed by atoms with Crippen LogP contribution in [0, 0.1) is 6.92 Å². The molecule has 0 saturated heterocycles. The third kappa shape index (κ3) is 3.62. The maximum atomic E-state index is 12.5. The van der Waals surface area contributed by atoms with Crippen LogP contribution < -0.4 is 10.6 Å². The van der Waals surface area contributed by atoms with E-state index in [4.69, 9.17) is 0 Å². The Bertz CT molecular complexity index is 787. The Morgan fingerprint density at radius 1 is 1.17 bits per heavy atom. The van der Waals surface area contributed by atoms with Crippen molar-refractivity contribution in [2.24, 2.45) is 0 Å². The highest BCUT2D eigenvalue weighted by molar-refractivity contribution is 9.10. The molecule has 0 saturated carbocycles. The fourth-order valence-electron chi connectivity index (χ4n) is 2.63. The number of hydrogen-bond acceptors (Lipinski definition) is 2. The molecule has 3 rings (SSSR count). The van der Waals surface area contributed by atoms with Gasteiger partial charge >= 0.3 is 0 Å². The number of carbonyl (C=O) groups is 2. The van der Waals surface area contributed by atoms with Crippen LogP contribution in [0.2, 0.25) is 0 Å². The van der Waals surface area contributed by atoms with Crippen molar-refractivity contribution in [3.63, 3.8) is 0 Å². The van der Waals surface area contributed by atoms with Gasteiger partial charge in [-0.25, -0.2) is 0 Å². The molecule has 23 heavy (non-hydrogen) atoms. The van der Waals surface area contributed by atoms with Crippen LogP contribution in [0.15, 0.2) is 40.9 Å². The summed E-state index contributed by atoms with van der Waals surface area (Å²) < 4.78 is 0.855.